The number of nitrogens with two attached hydrogens (primary N) is 1. The van der Waals surface area contributed by atoms with E-state index in [0.717, 1.165) is 20.5 Å². The van der Waals surface area contributed by atoms with Crippen LogP contribution >= 0.6 is 11.3 Å². The molecule has 30 heavy (non-hydrogen) atoms. The second-order valence-corrected chi connectivity index (χ2v) is 9.43. The monoisotopic (exact) mass is 439 g/mol. The Morgan fingerprint density at radius 2 is 1.60 bits per heavy atom. The summed E-state index contributed by atoms with van der Waals surface area (Å²) in [6, 6.07) is 22.9. The van der Waals surface area contributed by atoms with Gasteiger partial charge in [-0.05, 0) is 35.2 Å². The Morgan fingerprint density at radius 1 is 0.900 bits per heavy atom. The molecule has 0 unspecified atom stereocenters. The van der Waals surface area contributed by atoms with Crippen molar-refractivity contribution in [2.75, 3.05) is 14.2 Å². The molecule has 0 saturated heterocycles. The predicted octanol–water partition coefficient (Wildman–Crippen LogP) is 4.75. The molecule has 154 valence electrons. The number of benzene rings is 3. The number of thiophene rings is 1. The summed E-state index contributed by atoms with van der Waals surface area (Å²) in [4.78, 5) is 1.00. The third-order valence-electron chi connectivity index (χ3n) is 5.00. The minimum Gasteiger partial charge on any atom is -0.493 e. The number of hydrogen-bond donors (Lipinski definition) is 1. The van der Waals surface area contributed by atoms with E-state index in [1.54, 1.807) is 17.4 Å². The lowest BCUT2D eigenvalue weighted by Crippen LogP contribution is -2.18. The zero-order valence-corrected chi connectivity index (χ0v) is 18.2. The van der Waals surface area contributed by atoms with Gasteiger partial charge in [0.2, 0.25) is 10.0 Å². The largest absolute Gasteiger partial charge is 0.493 e. The first-order valence-corrected chi connectivity index (χ1v) is 11.6. The minimum atomic E-state index is -4.01. The van der Waals surface area contributed by atoms with E-state index in [4.69, 9.17) is 14.6 Å². The molecule has 0 amide bonds. The molecule has 0 radical (unpaired) electrons. The minimum absolute atomic E-state index is 0.0199. The molecule has 7 heteroatoms. The second kappa shape index (κ2) is 8.10. The topological polar surface area (TPSA) is 78.6 Å². The van der Waals surface area contributed by atoms with Crippen molar-refractivity contribution in [1.82, 2.24) is 0 Å². The Kier molecular flexibility index (Phi) is 5.51. The number of fused-ring (bicyclic) bond motifs is 1. The lowest BCUT2D eigenvalue weighted by molar-refractivity contribution is 0.349. The molecule has 4 aromatic rings. The van der Waals surface area contributed by atoms with Crippen LogP contribution in [0.2, 0.25) is 0 Å². The number of primary sulfonamides is 1. The van der Waals surface area contributed by atoms with Gasteiger partial charge in [-0.15, -0.1) is 11.3 Å². The van der Waals surface area contributed by atoms with Gasteiger partial charge in [-0.3, -0.25) is 0 Å². The Bertz CT molecular complexity index is 1260. The van der Waals surface area contributed by atoms with Crippen LogP contribution in [0, 0.1) is 0 Å². The summed E-state index contributed by atoms with van der Waals surface area (Å²) in [5.41, 5.74) is 1.40. The highest BCUT2D eigenvalue weighted by Gasteiger charge is 2.31. The van der Waals surface area contributed by atoms with Gasteiger partial charge in [0.1, 0.15) is 0 Å². The summed E-state index contributed by atoms with van der Waals surface area (Å²) in [5.74, 6) is 0.402. The van der Waals surface area contributed by atoms with Crippen molar-refractivity contribution in [2.45, 2.75) is 10.8 Å². The quantitative estimate of drug-likeness (QED) is 0.470. The predicted molar refractivity (Wildman–Crippen MR) is 120 cm³/mol. The van der Waals surface area contributed by atoms with Gasteiger partial charge in [0.05, 0.1) is 19.1 Å². The van der Waals surface area contributed by atoms with E-state index in [-0.39, 0.29) is 4.90 Å². The Hall–Kier alpha value is -2.87. The van der Waals surface area contributed by atoms with E-state index in [1.165, 1.54) is 20.3 Å². The molecule has 5 nitrogen and oxygen atoms in total. The molecule has 0 bridgehead atoms. The number of hydrogen-bond acceptors (Lipinski definition) is 5. The van der Waals surface area contributed by atoms with Crippen LogP contribution in [0.5, 0.6) is 11.5 Å². The Labute approximate surface area is 179 Å². The lowest BCUT2D eigenvalue weighted by Gasteiger charge is -2.23. The van der Waals surface area contributed by atoms with E-state index in [1.807, 2.05) is 48.5 Å². The van der Waals surface area contributed by atoms with Crippen molar-refractivity contribution in [1.29, 1.82) is 0 Å². The van der Waals surface area contributed by atoms with Crippen LogP contribution in [0.25, 0.3) is 10.1 Å². The SMILES string of the molecule is COc1ccc(S(N)(=O)=O)c([C@@H](c2ccccc2)c2cc3ccccc3s2)c1OC. The van der Waals surface area contributed by atoms with Crippen molar-refractivity contribution < 1.29 is 17.9 Å². The van der Waals surface area contributed by atoms with Gasteiger partial charge in [0.25, 0.3) is 0 Å². The molecule has 1 aromatic heterocycles. The number of sulfonamides is 1. The third kappa shape index (κ3) is 3.67. The van der Waals surface area contributed by atoms with Gasteiger partial charge in [0, 0.05) is 21.1 Å². The number of methoxy groups -OCH3 is 2. The summed E-state index contributed by atoms with van der Waals surface area (Å²) in [6.45, 7) is 0. The molecule has 1 heterocycles. The normalized spacial score (nSPS) is 12.6. The van der Waals surface area contributed by atoms with E-state index >= 15 is 0 Å². The summed E-state index contributed by atoms with van der Waals surface area (Å²) in [5, 5.41) is 6.72. The first-order valence-electron chi connectivity index (χ1n) is 9.25. The number of rotatable bonds is 6. The third-order valence-corrected chi connectivity index (χ3v) is 7.15. The first kappa shape index (κ1) is 20.4. The zero-order valence-electron chi connectivity index (χ0n) is 16.5. The molecular weight excluding hydrogens is 418 g/mol. The van der Waals surface area contributed by atoms with Gasteiger partial charge < -0.3 is 9.47 Å². The molecular formula is C23H21NO4S2. The van der Waals surface area contributed by atoms with Crippen LogP contribution in [0.3, 0.4) is 0 Å². The summed E-state index contributed by atoms with van der Waals surface area (Å²) in [7, 11) is -0.989. The summed E-state index contributed by atoms with van der Waals surface area (Å²) >= 11 is 1.62. The van der Waals surface area contributed by atoms with Gasteiger partial charge in [0.15, 0.2) is 11.5 Å². The summed E-state index contributed by atoms with van der Waals surface area (Å²) in [6.07, 6.45) is 0. The molecule has 0 fully saturated rings. The van der Waals surface area contributed by atoms with Crippen molar-refractivity contribution in [2.24, 2.45) is 5.14 Å². The lowest BCUT2D eigenvalue weighted by atomic mass is 9.88. The van der Waals surface area contributed by atoms with E-state index in [9.17, 15) is 8.42 Å². The fourth-order valence-corrected chi connectivity index (χ4v) is 5.70. The van der Waals surface area contributed by atoms with Gasteiger partial charge in [-0.1, -0.05) is 48.5 Å². The molecule has 0 aliphatic rings. The van der Waals surface area contributed by atoms with Crippen LogP contribution < -0.4 is 14.6 Å². The van der Waals surface area contributed by atoms with Crippen LogP contribution in [-0.2, 0) is 10.0 Å². The first-order chi connectivity index (χ1) is 14.4. The smallest absolute Gasteiger partial charge is 0.238 e. The Balaban J connectivity index is 2.10. The fraction of sp³-hybridized carbons (Fsp3) is 0.130. The molecule has 0 saturated carbocycles. The average molecular weight is 440 g/mol. The highest BCUT2D eigenvalue weighted by molar-refractivity contribution is 7.89. The molecule has 0 aliphatic carbocycles. The molecule has 0 spiro atoms. The summed E-state index contributed by atoms with van der Waals surface area (Å²) < 4.78 is 37.3. The van der Waals surface area contributed by atoms with Crippen LogP contribution in [0.15, 0.2) is 77.7 Å². The van der Waals surface area contributed by atoms with E-state index in [2.05, 4.69) is 12.1 Å². The standard InChI is InChI=1S/C23H21NO4S2/c1-27-17-12-13-20(30(24,25)26)22(23(17)28-2)21(15-8-4-3-5-9-15)19-14-16-10-6-7-11-18(16)29-19/h3-14,21H,1-2H3,(H2,24,25,26)/t21-/m0/s1. The van der Waals surface area contributed by atoms with Gasteiger partial charge in [-0.2, -0.15) is 0 Å². The maximum Gasteiger partial charge on any atom is 0.238 e. The van der Waals surface area contributed by atoms with Crippen LogP contribution in [-0.4, -0.2) is 22.6 Å². The van der Waals surface area contributed by atoms with Crippen molar-refractivity contribution >= 4 is 31.4 Å². The van der Waals surface area contributed by atoms with Gasteiger partial charge >= 0.3 is 0 Å². The number of ether oxygens (including phenoxy) is 2. The van der Waals surface area contributed by atoms with Crippen molar-refractivity contribution in [3.05, 3.63) is 88.8 Å². The Morgan fingerprint density at radius 3 is 2.23 bits per heavy atom. The van der Waals surface area contributed by atoms with Crippen LogP contribution in [0.4, 0.5) is 0 Å². The highest BCUT2D eigenvalue weighted by Crippen LogP contribution is 2.47. The average Bonchev–Trinajstić information content (AvgIpc) is 3.17. The van der Waals surface area contributed by atoms with Gasteiger partial charge in [-0.25, -0.2) is 13.6 Å². The van der Waals surface area contributed by atoms with Crippen molar-refractivity contribution in [3.8, 4) is 11.5 Å². The van der Waals surface area contributed by atoms with Crippen molar-refractivity contribution in [3.63, 3.8) is 0 Å². The second-order valence-electron chi connectivity index (χ2n) is 6.79. The van der Waals surface area contributed by atoms with Crippen LogP contribution in [0.1, 0.15) is 21.9 Å². The van der Waals surface area contributed by atoms with E-state index < -0.39 is 15.9 Å². The maximum atomic E-state index is 12.5. The zero-order chi connectivity index (χ0) is 21.3. The molecule has 4 rings (SSSR count). The molecule has 3 aromatic carbocycles. The molecule has 0 aliphatic heterocycles. The maximum absolute atomic E-state index is 12.5. The molecule has 1 atom stereocenters. The molecule has 2 N–H and O–H groups in total. The van der Waals surface area contributed by atoms with E-state index in [0.29, 0.717) is 17.1 Å². The highest BCUT2D eigenvalue weighted by atomic mass is 32.2. The fourth-order valence-electron chi connectivity index (χ4n) is 3.72.